The second kappa shape index (κ2) is 29.0. The average Bonchev–Trinajstić information content (AvgIpc) is 3.71. The molecule has 0 saturated carbocycles. The zero-order valence-corrected chi connectivity index (χ0v) is 41.8. The summed E-state index contributed by atoms with van der Waals surface area (Å²) < 4.78 is 40.4. The second-order valence-electron chi connectivity index (χ2n) is 16.2. The lowest BCUT2D eigenvalue weighted by molar-refractivity contribution is 0.240. The summed E-state index contributed by atoms with van der Waals surface area (Å²) in [6.45, 7) is 3.93. The van der Waals surface area contributed by atoms with E-state index in [1.165, 1.54) is 0 Å². The molecule has 0 unspecified atom stereocenters. The lowest BCUT2D eigenvalue weighted by Gasteiger charge is -2.19. The first kappa shape index (κ1) is 55.4. The fourth-order valence-electron chi connectivity index (χ4n) is 7.05. The van der Waals surface area contributed by atoms with Gasteiger partial charge in [-0.05, 0) is 70.8 Å². The molecule has 394 valence electrons. The molecule has 73 heavy (non-hydrogen) atoms. The summed E-state index contributed by atoms with van der Waals surface area (Å²) in [4.78, 5) is 24.5. The summed E-state index contributed by atoms with van der Waals surface area (Å²) >= 11 is 1.69. The molecule has 0 radical (unpaired) electrons. The molecule has 0 aliphatic heterocycles. The molecule has 0 spiro atoms. The summed E-state index contributed by atoms with van der Waals surface area (Å²) in [6, 6.07) is 20.4. The number of benzene rings is 4. The van der Waals surface area contributed by atoms with Crippen molar-refractivity contribution in [3.8, 4) is 56.8 Å². The highest BCUT2D eigenvalue weighted by Gasteiger charge is 2.20. The number of nitrogens with zero attached hydrogens (tertiary/aromatic N) is 6. The molecule has 0 saturated heterocycles. The molecule has 4 aromatic carbocycles. The Hall–Kier alpha value is -8.48. The smallest absolute Gasteiger partial charge is 0.203 e. The highest BCUT2D eigenvalue weighted by molar-refractivity contribution is 7.25. The van der Waals surface area contributed by atoms with Gasteiger partial charge in [0.15, 0.2) is 58.8 Å². The minimum Gasteiger partial charge on any atom is -0.489 e. The van der Waals surface area contributed by atoms with Gasteiger partial charge < -0.3 is 97.2 Å². The summed E-state index contributed by atoms with van der Waals surface area (Å²) in [5.74, 6) is 2.68. The van der Waals surface area contributed by atoms with Crippen molar-refractivity contribution in [2.75, 3.05) is 78.9 Å². The second-order valence-corrected chi connectivity index (χ2v) is 17.3. The Kier molecular flexibility index (Phi) is 22.0. The zero-order chi connectivity index (χ0) is 52.5. The van der Waals surface area contributed by atoms with Crippen LogP contribution in [-0.2, 0) is 0 Å². The van der Waals surface area contributed by atoms with E-state index in [1.807, 2.05) is 24.3 Å². The molecule has 1 aromatic heterocycles. The van der Waals surface area contributed by atoms with Gasteiger partial charge in [0.05, 0.1) is 39.6 Å². The van der Waals surface area contributed by atoms with Gasteiger partial charge >= 0.3 is 0 Å². The van der Waals surface area contributed by atoms with Crippen molar-refractivity contribution in [2.24, 2.45) is 98.8 Å². The number of hydrogen-bond donors (Lipinski definition) is 12. The van der Waals surface area contributed by atoms with Gasteiger partial charge in [-0.1, -0.05) is 12.1 Å². The maximum absolute atomic E-state index is 6.39. The first-order valence-electron chi connectivity index (χ1n) is 23.6. The molecular weight excluding hydrogens is 957 g/mol. The number of guanidine groups is 6. The molecule has 25 heteroatoms. The minimum atomic E-state index is -0.00162. The van der Waals surface area contributed by atoms with Crippen LogP contribution in [0.15, 0.2) is 90.6 Å². The van der Waals surface area contributed by atoms with Gasteiger partial charge in [0.2, 0.25) is 11.5 Å². The van der Waals surface area contributed by atoms with Crippen LogP contribution in [0.4, 0.5) is 0 Å². The number of hydrogen-bond acceptors (Lipinski definition) is 13. The van der Waals surface area contributed by atoms with E-state index < -0.39 is 0 Å². The molecule has 5 aromatic rings. The third kappa shape index (κ3) is 18.7. The first-order chi connectivity index (χ1) is 35.2. The summed E-state index contributed by atoms with van der Waals surface area (Å²) in [6.07, 6.45) is 3.19. The van der Waals surface area contributed by atoms with Crippen molar-refractivity contribution >= 4 is 67.3 Å². The van der Waals surface area contributed by atoms with Crippen LogP contribution in [0.1, 0.15) is 38.5 Å². The van der Waals surface area contributed by atoms with E-state index >= 15 is 0 Å². The van der Waals surface area contributed by atoms with Gasteiger partial charge in [0.1, 0.15) is 0 Å². The van der Waals surface area contributed by atoms with Crippen molar-refractivity contribution in [3.63, 3.8) is 0 Å². The van der Waals surface area contributed by atoms with E-state index in [2.05, 4.69) is 66.4 Å². The van der Waals surface area contributed by atoms with Crippen molar-refractivity contribution in [3.05, 3.63) is 60.7 Å². The Morgan fingerprint density at radius 2 is 0.562 bits per heavy atom. The van der Waals surface area contributed by atoms with E-state index in [4.69, 9.17) is 97.2 Å². The number of ether oxygens (including phenoxy) is 6. The molecule has 24 N–H and O–H groups in total. The van der Waals surface area contributed by atoms with Crippen LogP contribution in [0.5, 0.6) is 34.5 Å². The van der Waals surface area contributed by atoms with E-state index in [0.29, 0.717) is 112 Å². The lowest BCUT2D eigenvalue weighted by Crippen LogP contribution is -2.23. The molecule has 24 nitrogen and oxygen atoms in total. The lowest BCUT2D eigenvalue weighted by atomic mass is 9.99. The molecule has 5 rings (SSSR count). The SMILES string of the molecule is NC(N)=NCCCOc1cc(-c2ccc3sc4ccc(-c5cc(OCCCN=C(N)N)c(OCCCN=C(N)N)c(OCCCN=C(N)N)c5)cc4c3c2)cc(OCCCN=C(N)N)c1OCCCN=C(N)N. The number of rotatable bonds is 32. The number of fused-ring (bicyclic) bond motifs is 3. The molecule has 1 heterocycles. The third-order valence-corrected chi connectivity index (χ3v) is 11.4. The van der Waals surface area contributed by atoms with Crippen molar-refractivity contribution in [1.82, 2.24) is 0 Å². The van der Waals surface area contributed by atoms with Crippen molar-refractivity contribution < 1.29 is 28.4 Å². The molecule has 0 aliphatic carbocycles. The predicted molar refractivity (Wildman–Crippen MR) is 295 cm³/mol. The standard InChI is InChI=1S/C48H70N18O6S/c49-43(50)61-11-1-17-67-35-25-31(26-36(68-18-2-12-62-44(51)52)41(35)71-21-5-15-65-47(57)58)29-7-9-39-33(23-29)34-24-30(8-10-40(34)73-39)32-27-37(69-19-3-13-63-45(53)54)42(72-22-6-16-66-48(59)60)38(28-32)70-20-4-14-64-46(55)56/h7-10,23-28H,1-6,11-22H2,(H4,49,50,61)(H4,51,52,62)(H4,53,54,63)(H4,55,56,64)(H4,57,58,65)(H4,59,60,66). The van der Waals surface area contributed by atoms with E-state index in [-0.39, 0.29) is 75.4 Å². The topological polar surface area (TPSA) is 442 Å². The van der Waals surface area contributed by atoms with Crippen LogP contribution in [0, 0.1) is 0 Å². The summed E-state index contributed by atoms with van der Waals surface area (Å²) in [5.41, 5.74) is 70.2. The van der Waals surface area contributed by atoms with Gasteiger partial charge in [-0.2, -0.15) is 0 Å². The summed E-state index contributed by atoms with van der Waals surface area (Å²) in [5, 5.41) is 2.07. The van der Waals surface area contributed by atoms with E-state index in [9.17, 15) is 0 Å². The van der Waals surface area contributed by atoms with Crippen LogP contribution in [-0.4, -0.2) is 115 Å². The molecule has 0 fully saturated rings. The minimum absolute atomic E-state index is 0.000189. The van der Waals surface area contributed by atoms with Crippen LogP contribution < -0.4 is 97.2 Å². The zero-order valence-electron chi connectivity index (χ0n) is 41.0. The Morgan fingerprint density at radius 3 is 0.808 bits per heavy atom. The predicted octanol–water partition coefficient (Wildman–Crippen LogP) is 1.64. The van der Waals surface area contributed by atoms with Gasteiger partial charge in [-0.15, -0.1) is 11.3 Å². The van der Waals surface area contributed by atoms with Gasteiger partial charge in [0, 0.05) is 98.0 Å². The molecular formula is C48H70N18O6S. The maximum Gasteiger partial charge on any atom is 0.203 e. The number of aliphatic imine (C=N–C) groups is 6. The van der Waals surface area contributed by atoms with Crippen molar-refractivity contribution in [2.45, 2.75) is 38.5 Å². The van der Waals surface area contributed by atoms with Crippen LogP contribution in [0.2, 0.25) is 0 Å². The first-order valence-corrected chi connectivity index (χ1v) is 24.4. The Bertz CT molecular complexity index is 2480. The van der Waals surface area contributed by atoms with E-state index in [0.717, 1.165) is 42.4 Å². The fourth-order valence-corrected chi connectivity index (χ4v) is 8.12. The van der Waals surface area contributed by atoms with E-state index in [1.54, 1.807) is 11.3 Å². The summed E-state index contributed by atoms with van der Waals surface area (Å²) in [7, 11) is 0. The highest BCUT2D eigenvalue weighted by Crippen LogP contribution is 2.46. The Balaban J connectivity index is 1.58. The monoisotopic (exact) mass is 1030 g/mol. The average molecular weight is 1030 g/mol. The van der Waals surface area contributed by atoms with Gasteiger partial charge in [0.25, 0.3) is 0 Å². The fraction of sp³-hybridized carbons (Fsp3) is 0.375. The molecule has 0 bridgehead atoms. The quantitative estimate of drug-likeness (QED) is 0.0165. The number of nitrogens with two attached hydrogens (primary N) is 12. The Morgan fingerprint density at radius 1 is 0.315 bits per heavy atom. The van der Waals surface area contributed by atoms with Crippen LogP contribution >= 0.6 is 11.3 Å². The largest absolute Gasteiger partial charge is 0.489 e. The van der Waals surface area contributed by atoms with Crippen molar-refractivity contribution in [1.29, 1.82) is 0 Å². The third-order valence-electron chi connectivity index (χ3n) is 10.3. The normalized spacial score (nSPS) is 10.7. The number of thiophene rings is 1. The Labute approximate surface area is 427 Å². The molecule has 0 aliphatic rings. The van der Waals surface area contributed by atoms with Crippen LogP contribution in [0.3, 0.4) is 0 Å². The molecule has 0 amide bonds. The molecule has 0 atom stereocenters. The maximum atomic E-state index is 6.39. The van der Waals surface area contributed by atoms with Gasteiger partial charge in [-0.3, -0.25) is 30.0 Å². The highest BCUT2D eigenvalue weighted by atomic mass is 32.1. The van der Waals surface area contributed by atoms with Crippen LogP contribution in [0.25, 0.3) is 42.4 Å². The van der Waals surface area contributed by atoms with Gasteiger partial charge in [-0.25, -0.2) is 0 Å².